The number of H-pyrrole nitrogens is 1. The van der Waals surface area contributed by atoms with Gasteiger partial charge in [-0.3, -0.25) is 14.4 Å². The molecule has 10 nitrogen and oxygen atoms in total. The predicted octanol–water partition coefficient (Wildman–Crippen LogP) is 10.5. The van der Waals surface area contributed by atoms with Crippen molar-refractivity contribution in [3.05, 3.63) is 213 Å². The quantitative estimate of drug-likeness (QED) is 0.0693. The molecule has 0 atom stereocenters. The number of rotatable bonds is 13. The molecule has 0 bridgehead atoms. The van der Waals surface area contributed by atoms with Gasteiger partial charge in [-0.1, -0.05) is 72.3 Å². The highest BCUT2D eigenvalue weighted by atomic mass is 16.6. The Kier molecular flexibility index (Phi) is 12.8. The average Bonchev–Trinajstić information content (AvgIpc) is 3.79. The number of hydrogen-bond donors (Lipinski definition) is 1. The second-order valence-electron chi connectivity index (χ2n) is 17.3. The van der Waals surface area contributed by atoms with Crippen LogP contribution in [0, 0.1) is 0 Å². The first-order valence-electron chi connectivity index (χ1n) is 22.5. The zero-order valence-electron chi connectivity index (χ0n) is 39.0. The standard InChI is InChI=1S/C58H51N3O7/c1-60(2)44-21-16-39(17-22-44)55(40-18-23-45(24-19-40)61(3)4)38-14-12-36(13-15-38)28-37(29-43-32-52(63)47-33-53(65-5)54(66-6)34-48(47)56(43)64)30-51(62)42-20-25-50-46(31-42)49(35-59-50)58-57(67-26-27-68-58)41-10-8-7-9-11-41/h7-25,30-35H,26-29H2,1-6H3/p+1. The number of Topliss-reactive ketones (excluding diaryl/α,β-unsaturated/α-hetero) is 1. The second-order valence-corrected chi connectivity index (χ2v) is 17.3. The summed E-state index contributed by atoms with van der Waals surface area (Å²) in [4.78, 5) is 47.9. The zero-order chi connectivity index (χ0) is 47.5. The van der Waals surface area contributed by atoms with Gasteiger partial charge in [0.25, 0.3) is 0 Å². The highest BCUT2D eigenvalue weighted by Crippen LogP contribution is 2.38. The number of aromatic nitrogens is 1. The molecule has 68 heavy (non-hydrogen) atoms. The van der Waals surface area contributed by atoms with Gasteiger partial charge in [0, 0.05) is 82.4 Å². The molecule has 9 rings (SSSR count). The van der Waals surface area contributed by atoms with Gasteiger partial charge in [0.2, 0.25) is 0 Å². The Morgan fingerprint density at radius 3 is 2.00 bits per heavy atom. The number of methoxy groups -OCH3 is 2. The number of anilines is 1. The van der Waals surface area contributed by atoms with Gasteiger partial charge < -0.3 is 28.8 Å². The van der Waals surface area contributed by atoms with Crippen LogP contribution < -0.4 is 14.4 Å². The van der Waals surface area contributed by atoms with Crippen LogP contribution in [0.5, 0.6) is 11.5 Å². The molecule has 0 amide bonds. The van der Waals surface area contributed by atoms with Crippen molar-refractivity contribution in [2.24, 2.45) is 0 Å². The molecule has 0 saturated heterocycles. The molecule has 0 saturated carbocycles. The van der Waals surface area contributed by atoms with E-state index < -0.39 is 0 Å². The van der Waals surface area contributed by atoms with Gasteiger partial charge >= 0.3 is 0 Å². The van der Waals surface area contributed by atoms with Crippen molar-refractivity contribution in [3.63, 3.8) is 0 Å². The van der Waals surface area contributed by atoms with Gasteiger partial charge in [0.1, 0.15) is 27.3 Å². The van der Waals surface area contributed by atoms with E-state index >= 15 is 0 Å². The van der Waals surface area contributed by atoms with Crippen molar-refractivity contribution in [3.8, 4) is 11.5 Å². The van der Waals surface area contributed by atoms with E-state index in [0.29, 0.717) is 53.8 Å². The van der Waals surface area contributed by atoms with Crippen LogP contribution in [0.15, 0.2) is 169 Å². The number of nitrogens with zero attached hydrogens (tertiary/aromatic N) is 2. The summed E-state index contributed by atoms with van der Waals surface area (Å²) in [5, 5.41) is 0.798. The van der Waals surface area contributed by atoms with E-state index in [4.69, 9.17) is 18.9 Å². The summed E-state index contributed by atoms with van der Waals surface area (Å²) < 4.78 is 25.4. The number of carbonyl (C=O) groups is 3. The number of ketones is 3. The lowest BCUT2D eigenvalue weighted by Crippen LogP contribution is -2.18. The fourth-order valence-electron chi connectivity index (χ4n) is 8.84. The number of carbonyl (C=O) groups excluding carboxylic acids is 3. The second kappa shape index (κ2) is 19.3. The van der Waals surface area contributed by atoms with Gasteiger partial charge in [-0.25, -0.2) is 4.58 Å². The topological polar surface area (TPSA) is 110 Å². The number of fused-ring (bicyclic) bond motifs is 2. The normalized spacial score (nSPS) is 14.6. The first-order chi connectivity index (χ1) is 33.0. The molecule has 10 heteroatoms. The molecule has 0 radical (unpaired) electrons. The van der Waals surface area contributed by atoms with E-state index in [1.807, 2.05) is 76.9 Å². The molecule has 2 aliphatic carbocycles. The molecule has 3 aliphatic rings. The van der Waals surface area contributed by atoms with Gasteiger partial charge in [0.15, 0.2) is 46.1 Å². The highest BCUT2D eigenvalue weighted by Gasteiger charge is 2.29. The van der Waals surface area contributed by atoms with Crippen LogP contribution >= 0.6 is 0 Å². The number of aromatic amines is 1. The van der Waals surface area contributed by atoms with Crippen LogP contribution in [0.2, 0.25) is 0 Å². The molecule has 0 unspecified atom stereocenters. The molecular weight excluding hydrogens is 851 g/mol. The Hall–Kier alpha value is -8.24. The fourth-order valence-corrected chi connectivity index (χ4v) is 8.84. The first kappa shape index (κ1) is 44.9. The molecule has 340 valence electrons. The number of hydrogen-bond acceptors (Lipinski definition) is 8. The van der Waals surface area contributed by atoms with Crippen LogP contribution in [0.1, 0.15) is 65.3 Å². The minimum Gasteiger partial charge on any atom is -0.493 e. The minimum absolute atomic E-state index is 0.0653. The molecule has 0 spiro atoms. The lowest BCUT2D eigenvalue weighted by molar-refractivity contribution is -0.462. The molecule has 6 aromatic rings. The lowest BCUT2D eigenvalue weighted by atomic mass is 9.84. The third kappa shape index (κ3) is 9.13. The fraction of sp³-hybridized carbons (Fsp3) is 0.172. The lowest BCUT2D eigenvalue weighted by Gasteiger charge is -2.22. The van der Waals surface area contributed by atoms with Gasteiger partial charge in [-0.2, -0.15) is 0 Å². The van der Waals surface area contributed by atoms with Crippen LogP contribution in [-0.4, -0.2) is 88.2 Å². The maximum absolute atomic E-state index is 14.5. The molecular formula is C58H52N3O7+. The summed E-state index contributed by atoms with van der Waals surface area (Å²) in [5.41, 5.74) is 11.7. The van der Waals surface area contributed by atoms with Crippen molar-refractivity contribution in [2.45, 2.75) is 12.8 Å². The summed E-state index contributed by atoms with van der Waals surface area (Å²) in [7, 11) is 11.1. The molecule has 5 aromatic carbocycles. The summed E-state index contributed by atoms with van der Waals surface area (Å²) in [6.07, 6.45) is 13.8. The van der Waals surface area contributed by atoms with E-state index in [2.05, 4.69) is 87.3 Å². The zero-order valence-corrected chi connectivity index (χ0v) is 39.0. The molecule has 2 heterocycles. The SMILES string of the molecule is COc1cc2c(cc1OC)C(=O)C(CC(=CC(=O)c1ccc3[nH]cc(C4=C(c5ccccc5)OCCO4)c3c1)Cc1ccc(C(=C3C=CC(=[N+](C)C)C=C3)c3ccc(N(C)C)cc3)cc1)=CC2=O. The van der Waals surface area contributed by atoms with E-state index in [1.54, 1.807) is 18.2 Å². The van der Waals surface area contributed by atoms with Gasteiger partial charge in [-0.05, 0) is 107 Å². The molecule has 1 aliphatic heterocycles. The summed E-state index contributed by atoms with van der Waals surface area (Å²) in [6.45, 7) is 0.808. The van der Waals surface area contributed by atoms with Gasteiger partial charge in [0.05, 0.1) is 14.2 Å². The Morgan fingerprint density at radius 1 is 0.721 bits per heavy atom. The maximum atomic E-state index is 14.5. The van der Waals surface area contributed by atoms with Crippen molar-refractivity contribution in [1.29, 1.82) is 0 Å². The third-order valence-electron chi connectivity index (χ3n) is 12.4. The smallest absolute Gasteiger partial charge is 0.199 e. The monoisotopic (exact) mass is 902 g/mol. The molecule has 0 fully saturated rings. The Morgan fingerprint density at radius 2 is 1.35 bits per heavy atom. The van der Waals surface area contributed by atoms with Crippen molar-refractivity contribution in [1.82, 2.24) is 4.98 Å². The first-order valence-corrected chi connectivity index (χ1v) is 22.5. The van der Waals surface area contributed by atoms with Crippen molar-refractivity contribution in [2.75, 3.05) is 60.5 Å². The molecule has 1 aromatic heterocycles. The summed E-state index contributed by atoms with van der Waals surface area (Å²) in [5.74, 6) is 1.04. The number of ether oxygens (including phenoxy) is 4. The Bertz CT molecular complexity index is 3190. The van der Waals surface area contributed by atoms with E-state index in [-0.39, 0.29) is 40.5 Å². The van der Waals surface area contributed by atoms with E-state index in [9.17, 15) is 14.4 Å². The van der Waals surface area contributed by atoms with Crippen LogP contribution in [0.3, 0.4) is 0 Å². The molecule has 1 N–H and O–H groups in total. The summed E-state index contributed by atoms with van der Waals surface area (Å²) >= 11 is 0. The van der Waals surface area contributed by atoms with Crippen molar-refractivity contribution >= 4 is 56.7 Å². The van der Waals surface area contributed by atoms with Gasteiger partial charge in [-0.15, -0.1) is 0 Å². The summed E-state index contributed by atoms with van der Waals surface area (Å²) in [6, 6.07) is 35.3. The number of allylic oxidation sites excluding steroid dienone is 9. The van der Waals surface area contributed by atoms with Crippen molar-refractivity contribution < 1.29 is 37.9 Å². The average molecular weight is 903 g/mol. The van der Waals surface area contributed by atoms with E-state index in [1.165, 1.54) is 26.4 Å². The van der Waals surface area contributed by atoms with Crippen LogP contribution in [0.4, 0.5) is 5.69 Å². The Labute approximate surface area is 396 Å². The highest BCUT2D eigenvalue weighted by molar-refractivity contribution is 6.25. The van der Waals surface area contributed by atoms with Crippen LogP contribution in [-0.2, 0) is 15.9 Å². The predicted molar refractivity (Wildman–Crippen MR) is 269 cm³/mol. The maximum Gasteiger partial charge on any atom is 0.199 e. The minimum atomic E-state index is -0.325. The Balaban J connectivity index is 1.09. The largest absolute Gasteiger partial charge is 0.493 e. The van der Waals surface area contributed by atoms with E-state index in [0.717, 1.165) is 61.3 Å². The third-order valence-corrected chi connectivity index (χ3v) is 12.4. The van der Waals surface area contributed by atoms with Crippen LogP contribution in [0.25, 0.3) is 28.0 Å². The number of nitrogens with one attached hydrogen (secondary N) is 1. The number of benzene rings is 5.